The van der Waals surface area contributed by atoms with Gasteiger partial charge in [-0.15, -0.1) is 0 Å². The van der Waals surface area contributed by atoms with Gasteiger partial charge in [0.1, 0.15) is 5.82 Å². The normalized spacial score (nSPS) is 19.7. The summed E-state index contributed by atoms with van der Waals surface area (Å²) in [5.41, 5.74) is 6.98. The number of hydrogen-bond acceptors (Lipinski definition) is 2. The predicted octanol–water partition coefficient (Wildman–Crippen LogP) is 2.04. The van der Waals surface area contributed by atoms with Crippen LogP contribution in [0.4, 0.5) is 5.82 Å². The SMILES string of the molecule is Nc1[nH]ncc1C1CCCCC1. The number of anilines is 1. The number of nitrogens with one attached hydrogen (secondary N) is 1. The summed E-state index contributed by atoms with van der Waals surface area (Å²) >= 11 is 0. The molecule has 3 nitrogen and oxygen atoms in total. The highest BCUT2D eigenvalue weighted by molar-refractivity contribution is 5.39. The first-order valence-corrected chi connectivity index (χ1v) is 4.66. The van der Waals surface area contributed by atoms with Gasteiger partial charge in [-0.3, -0.25) is 5.10 Å². The maximum atomic E-state index is 5.75. The fraction of sp³-hybridized carbons (Fsp3) is 0.667. The van der Waals surface area contributed by atoms with Crippen LogP contribution in [-0.4, -0.2) is 10.2 Å². The van der Waals surface area contributed by atoms with Crippen LogP contribution >= 0.6 is 0 Å². The van der Waals surface area contributed by atoms with E-state index in [1.54, 1.807) is 0 Å². The van der Waals surface area contributed by atoms with Gasteiger partial charge in [0.2, 0.25) is 0 Å². The molecular weight excluding hydrogens is 150 g/mol. The molecule has 1 aliphatic rings. The Labute approximate surface area is 72.4 Å². The number of rotatable bonds is 1. The molecule has 1 heterocycles. The third kappa shape index (κ3) is 1.31. The monoisotopic (exact) mass is 165 g/mol. The molecule has 3 N–H and O–H groups in total. The topological polar surface area (TPSA) is 54.7 Å². The molecule has 2 rings (SSSR count). The Hall–Kier alpha value is -0.990. The number of nitrogens with zero attached hydrogens (tertiary/aromatic N) is 1. The van der Waals surface area contributed by atoms with Crippen LogP contribution in [0.15, 0.2) is 6.20 Å². The van der Waals surface area contributed by atoms with E-state index in [-0.39, 0.29) is 0 Å². The zero-order valence-corrected chi connectivity index (χ0v) is 7.21. The molecule has 66 valence electrons. The van der Waals surface area contributed by atoms with Crippen LogP contribution in [0.25, 0.3) is 0 Å². The van der Waals surface area contributed by atoms with E-state index in [4.69, 9.17) is 5.73 Å². The first-order chi connectivity index (χ1) is 5.88. The van der Waals surface area contributed by atoms with Crippen molar-refractivity contribution in [3.05, 3.63) is 11.8 Å². The zero-order chi connectivity index (χ0) is 8.39. The van der Waals surface area contributed by atoms with Crippen LogP contribution in [-0.2, 0) is 0 Å². The Balaban J connectivity index is 2.13. The molecule has 0 atom stereocenters. The minimum absolute atomic E-state index is 0.664. The second kappa shape index (κ2) is 3.17. The van der Waals surface area contributed by atoms with E-state index < -0.39 is 0 Å². The van der Waals surface area contributed by atoms with Crippen LogP contribution in [0.2, 0.25) is 0 Å². The van der Waals surface area contributed by atoms with Crippen molar-refractivity contribution in [3.8, 4) is 0 Å². The van der Waals surface area contributed by atoms with Gasteiger partial charge in [-0.1, -0.05) is 19.3 Å². The minimum Gasteiger partial charge on any atom is -0.384 e. The number of nitrogen functional groups attached to an aromatic ring is 1. The molecule has 1 saturated carbocycles. The van der Waals surface area contributed by atoms with Crippen molar-refractivity contribution < 1.29 is 0 Å². The summed E-state index contributed by atoms with van der Waals surface area (Å²) in [4.78, 5) is 0. The third-order valence-corrected chi connectivity index (χ3v) is 2.74. The Morgan fingerprint density at radius 1 is 1.33 bits per heavy atom. The van der Waals surface area contributed by atoms with Gasteiger partial charge >= 0.3 is 0 Å². The summed E-state index contributed by atoms with van der Waals surface area (Å²) in [6.07, 6.45) is 8.51. The quantitative estimate of drug-likeness (QED) is 0.669. The molecule has 0 radical (unpaired) electrons. The highest BCUT2D eigenvalue weighted by Gasteiger charge is 2.18. The molecule has 0 bridgehead atoms. The van der Waals surface area contributed by atoms with Crippen LogP contribution in [0.1, 0.15) is 43.6 Å². The number of hydrogen-bond donors (Lipinski definition) is 2. The molecule has 1 aromatic heterocycles. The van der Waals surface area contributed by atoms with Crippen molar-refractivity contribution in [1.82, 2.24) is 10.2 Å². The highest BCUT2D eigenvalue weighted by Crippen LogP contribution is 2.34. The first-order valence-electron chi connectivity index (χ1n) is 4.66. The lowest BCUT2D eigenvalue weighted by Gasteiger charge is -2.20. The van der Waals surface area contributed by atoms with Gasteiger partial charge in [-0.25, -0.2) is 0 Å². The molecule has 12 heavy (non-hydrogen) atoms. The fourth-order valence-corrected chi connectivity index (χ4v) is 2.04. The average molecular weight is 165 g/mol. The molecule has 0 aliphatic heterocycles. The van der Waals surface area contributed by atoms with Gasteiger partial charge in [0.25, 0.3) is 0 Å². The van der Waals surface area contributed by atoms with Gasteiger partial charge in [0.05, 0.1) is 6.20 Å². The summed E-state index contributed by atoms with van der Waals surface area (Å²) in [7, 11) is 0. The molecule has 0 saturated heterocycles. The second-order valence-electron chi connectivity index (χ2n) is 3.57. The number of aromatic amines is 1. The van der Waals surface area contributed by atoms with Crippen molar-refractivity contribution in [2.75, 3.05) is 5.73 Å². The fourth-order valence-electron chi connectivity index (χ4n) is 2.04. The number of aromatic nitrogens is 2. The van der Waals surface area contributed by atoms with Crippen molar-refractivity contribution in [2.24, 2.45) is 0 Å². The van der Waals surface area contributed by atoms with Gasteiger partial charge in [-0.2, -0.15) is 5.10 Å². The van der Waals surface area contributed by atoms with Gasteiger partial charge in [0.15, 0.2) is 0 Å². The molecule has 0 aromatic carbocycles. The van der Waals surface area contributed by atoms with E-state index in [9.17, 15) is 0 Å². The Morgan fingerprint density at radius 2 is 2.08 bits per heavy atom. The lowest BCUT2D eigenvalue weighted by atomic mass is 9.85. The largest absolute Gasteiger partial charge is 0.384 e. The summed E-state index contributed by atoms with van der Waals surface area (Å²) in [6, 6.07) is 0. The van der Waals surface area contributed by atoms with Crippen LogP contribution in [0, 0.1) is 0 Å². The van der Waals surface area contributed by atoms with Gasteiger partial charge in [0, 0.05) is 5.56 Å². The van der Waals surface area contributed by atoms with Crippen LogP contribution in [0.5, 0.6) is 0 Å². The maximum Gasteiger partial charge on any atom is 0.122 e. The number of H-pyrrole nitrogens is 1. The van der Waals surface area contributed by atoms with E-state index >= 15 is 0 Å². The van der Waals surface area contributed by atoms with Crippen LogP contribution < -0.4 is 5.73 Å². The first kappa shape index (κ1) is 7.65. The molecule has 1 aromatic rings. The molecule has 3 heteroatoms. The summed E-state index contributed by atoms with van der Waals surface area (Å²) in [6.45, 7) is 0. The predicted molar refractivity (Wildman–Crippen MR) is 48.8 cm³/mol. The zero-order valence-electron chi connectivity index (χ0n) is 7.21. The number of nitrogens with two attached hydrogens (primary N) is 1. The lowest BCUT2D eigenvalue weighted by Crippen LogP contribution is -2.05. The van der Waals surface area contributed by atoms with Crippen molar-refractivity contribution in [1.29, 1.82) is 0 Å². The molecule has 0 amide bonds. The van der Waals surface area contributed by atoms with Crippen LogP contribution in [0.3, 0.4) is 0 Å². The van der Waals surface area contributed by atoms with E-state index in [1.165, 1.54) is 37.7 Å². The Bertz CT molecular complexity index is 248. The van der Waals surface area contributed by atoms with Crippen molar-refractivity contribution in [3.63, 3.8) is 0 Å². The Kier molecular flexibility index (Phi) is 2.02. The molecule has 0 spiro atoms. The average Bonchev–Trinajstić information content (AvgIpc) is 2.53. The molecule has 1 aliphatic carbocycles. The van der Waals surface area contributed by atoms with Gasteiger partial charge in [-0.05, 0) is 18.8 Å². The molecule has 1 fully saturated rings. The van der Waals surface area contributed by atoms with Crippen molar-refractivity contribution >= 4 is 5.82 Å². The smallest absolute Gasteiger partial charge is 0.122 e. The molecule has 0 unspecified atom stereocenters. The van der Waals surface area contributed by atoms with Crippen molar-refractivity contribution in [2.45, 2.75) is 38.0 Å². The standard InChI is InChI=1S/C9H15N3/c10-9-8(6-11-12-9)7-4-2-1-3-5-7/h6-7H,1-5H2,(H3,10,11,12). The summed E-state index contributed by atoms with van der Waals surface area (Å²) < 4.78 is 0. The van der Waals surface area contributed by atoms with E-state index in [1.807, 2.05) is 6.20 Å². The third-order valence-electron chi connectivity index (χ3n) is 2.74. The van der Waals surface area contributed by atoms with E-state index in [0.717, 1.165) is 5.82 Å². The van der Waals surface area contributed by atoms with Gasteiger partial charge < -0.3 is 5.73 Å². The molecular formula is C9H15N3. The maximum absolute atomic E-state index is 5.75. The lowest BCUT2D eigenvalue weighted by molar-refractivity contribution is 0.444. The summed E-state index contributed by atoms with van der Waals surface area (Å²) in [5, 5.41) is 6.74. The Morgan fingerprint density at radius 3 is 2.67 bits per heavy atom. The van der Waals surface area contributed by atoms with E-state index in [2.05, 4.69) is 10.2 Å². The second-order valence-corrected chi connectivity index (χ2v) is 3.57. The van der Waals surface area contributed by atoms with E-state index in [0.29, 0.717) is 5.92 Å². The summed E-state index contributed by atoms with van der Waals surface area (Å²) in [5.74, 6) is 1.43. The highest BCUT2D eigenvalue weighted by atomic mass is 15.1. The minimum atomic E-state index is 0.664.